The first-order chi connectivity index (χ1) is 6.36. The number of H-pyrrole nitrogens is 1. The molecule has 0 unspecified atom stereocenters. The normalized spacial score (nSPS) is 9.85. The number of nitrogens with zero attached hydrogens (tertiary/aromatic N) is 1. The molecule has 1 heterocycles. The van der Waals surface area contributed by atoms with Gasteiger partial charge in [-0.2, -0.15) is 0 Å². The molecule has 1 aromatic carbocycles. The molecule has 1 aromatic heterocycles. The van der Waals surface area contributed by atoms with Crippen LogP contribution in [0.3, 0.4) is 0 Å². The van der Waals surface area contributed by atoms with E-state index in [2.05, 4.69) is 16.0 Å². The highest BCUT2D eigenvalue weighted by Gasteiger charge is 1.96. The van der Waals surface area contributed by atoms with E-state index in [-0.39, 0.29) is 5.56 Å². The second-order valence-electron chi connectivity index (χ2n) is 2.57. The fourth-order valence-electron chi connectivity index (χ4n) is 1.06. The summed E-state index contributed by atoms with van der Waals surface area (Å²) in [5.41, 5.74) is 0.745. The Balaban J connectivity index is 2.54. The molecule has 1 N–H and O–H groups in total. The third-order valence-corrected chi connectivity index (χ3v) is 1.66. The van der Waals surface area contributed by atoms with Crippen LogP contribution in [-0.2, 0) is 0 Å². The van der Waals surface area contributed by atoms with Gasteiger partial charge in [-0.1, -0.05) is 24.3 Å². The Morgan fingerprint density at radius 2 is 2.00 bits per heavy atom. The predicted octanol–water partition coefficient (Wildman–Crippen LogP) is 1.24. The van der Waals surface area contributed by atoms with E-state index < -0.39 is 0 Å². The van der Waals surface area contributed by atoms with Crippen LogP contribution in [0.15, 0.2) is 41.3 Å². The maximum absolute atomic E-state index is 11.0. The smallest absolute Gasteiger partial charge is 0.251 e. The molecule has 2 aromatic rings. The van der Waals surface area contributed by atoms with Crippen molar-refractivity contribution in [2.75, 3.05) is 0 Å². The van der Waals surface area contributed by atoms with E-state index >= 15 is 0 Å². The van der Waals surface area contributed by atoms with Crippen molar-refractivity contribution in [1.29, 1.82) is 0 Å². The first-order valence-electron chi connectivity index (χ1n) is 3.88. The minimum Gasteiger partial charge on any atom is -0.307 e. The van der Waals surface area contributed by atoms with Crippen molar-refractivity contribution in [3.8, 4) is 11.4 Å². The van der Waals surface area contributed by atoms with E-state index in [9.17, 15) is 4.79 Å². The fraction of sp³-hybridized carbons (Fsp3) is 0. The SMILES string of the molecule is O=c1ccnc(-c2cc[c]cc2)[nH]1. The Hall–Kier alpha value is -1.90. The van der Waals surface area contributed by atoms with Gasteiger partial charge in [0.2, 0.25) is 0 Å². The average molecular weight is 171 g/mol. The average Bonchev–Trinajstić information content (AvgIpc) is 2.19. The van der Waals surface area contributed by atoms with Gasteiger partial charge in [0.1, 0.15) is 5.82 Å². The molecule has 0 atom stereocenters. The van der Waals surface area contributed by atoms with Crippen molar-refractivity contribution in [3.05, 3.63) is 52.9 Å². The van der Waals surface area contributed by atoms with Crippen LogP contribution in [0.1, 0.15) is 0 Å². The lowest BCUT2D eigenvalue weighted by atomic mass is 10.2. The highest BCUT2D eigenvalue weighted by Crippen LogP contribution is 2.10. The molecule has 0 saturated heterocycles. The van der Waals surface area contributed by atoms with Crippen molar-refractivity contribution in [2.24, 2.45) is 0 Å². The molecule has 2 rings (SSSR count). The largest absolute Gasteiger partial charge is 0.307 e. The summed E-state index contributed by atoms with van der Waals surface area (Å²) in [6.45, 7) is 0. The Bertz CT molecular complexity index is 448. The molecule has 0 fully saturated rings. The first kappa shape index (κ1) is 7.73. The standard InChI is InChI=1S/C10H7N2O/c13-9-6-7-11-10(12-9)8-4-2-1-3-5-8/h2-7H,(H,11,12,13). The van der Waals surface area contributed by atoms with E-state index in [0.29, 0.717) is 5.82 Å². The molecule has 0 aliphatic carbocycles. The number of benzene rings is 1. The predicted molar refractivity (Wildman–Crippen MR) is 49.1 cm³/mol. The van der Waals surface area contributed by atoms with E-state index in [1.54, 1.807) is 12.1 Å². The van der Waals surface area contributed by atoms with Crippen molar-refractivity contribution in [1.82, 2.24) is 9.97 Å². The van der Waals surface area contributed by atoms with Crippen molar-refractivity contribution >= 4 is 0 Å². The minimum absolute atomic E-state index is 0.141. The Morgan fingerprint density at radius 1 is 1.23 bits per heavy atom. The molecule has 3 nitrogen and oxygen atoms in total. The van der Waals surface area contributed by atoms with Crippen molar-refractivity contribution in [2.45, 2.75) is 0 Å². The van der Waals surface area contributed by atoms with Crippen LogP contribution in [0.4, 0.5) is 0 Å². The third-order valence-electron chi connectivity index (χ3n) is 1.66. The second-order valence-corrected chi connectivity index (χ2v) is 2.57. The summed E-state index contributed by atoms with van der Waals surface area (Å²) in [6, 6.07) is 11.5. The monoisotopic (exact) mass is 171 g/mol. The van der Waals surface area contributed by atoms with Gasteiger partial charge in [-0.05, 0) is 6.07 Å². The molecule has 0 bridgehead atoms. The molecule has 1 radical (unpaired) electrons. The molecular formula is C10H7N2O. The molecule has 0 aliphatic rings. The lowest BCUT2D eigenvalue weighted by Crippen LogP contribution is -2.05. The molecule has 0 saturated carbocycles. The van der Waals surface area contributed by atoms with Gasteiger partial charge in [-0.3, -0.25) is 4.79 Å². The number of aromatic amines is 1. The Labute approximate surface area is 75.1 Å². The van der Waals surface area contributed by atoms with Crippen molar-refractivity contribution in [3.63, 3.8) is 0 Å². The molecule has 13 heavy (non-hydrogen) atoms. The van der Waals surface area contributed by atoms with E-state index in [1.165, 1.54) is 12.3 Å². The summed E-state index contributed by atoms with van der Waals surface area (Å²) in [6.07, 6.45) is 1.49. The lowest BCUT2D eigenvalue weighted by Gasteiger charge is -1.97. The Kier molecular flexibility index (Phi) is 1.92. The molecule has 0 aliphatic heterocycles. The van der Waals surface area contributed by atoms with Gasteiger partial charge < -0.3 is 4.98 Å². The van der Waals surface area contributed by atoms with E-state index in [0.717, 1.165) is 5.56 Å². The molecule has 3 heteroatoms. The Morgan fingerprint density at radius 3 is 2.69 bits per heavy atom. The summed E-state index contributed by atoms with van der Waals surface area (Å²) in [7, 11) is 0. The van der Waals surface area contributed by atoms with Crippen LogP contribution in [0, 0.1) is 6.07 Å². The molecule has 63 valence electrons. The van der Waals surface area contributed by atoms with Crippen molar-refractivity contribution < 1.29 is 0 Å². The number of rotatable bonds is 1. The van der Waals surface area contributed by atoms with Crippen LogP contribution in [0.25, 0.3) is 11.4 Å². The highest BCUT2D eigenvalue weighted by molar-refractivity contribution is 5.53. The number of hydrogen-bond acceptors (Lipinski definition) is 2. The fourth-order valence-corrected chi connectivity index (χ4v) is 1.06. The molecular weight excluding hydrogens is 164 g/mol. The van der Waals surface area contributed by atoms with Gasteiger partial charge in [0.25, 0.3) is 5.56 Å². The zero-order valence-electron chi connectivity index (χ0n) is 6.82. The van der Waals surface area contributed by atoms with Crippen LogP contribution in [-0.4, -0.2) is 9.97 Å². The number of hydrogen-bond donors (Lipinski definition) is 1. The van der Waals surface area contributed by atoms with E-state index in [1.807, 2.05) is 12.1 Å². The van der Waals surface area contributed by atoms with Crippen LogP contribution < -0.4 is 5.56 Å². The van der Waals surface area contributed by atoms with Crippen LogP contribution in [0.2, 0.25) is 0 Å². The summed E-state index contributed by atoms with van der Waals surface area (Å²) in [4.78, 5) is 17.6. The van der Waals surface area contributed by atoms with Gasteiger partial charge in [0.05, 0.1) is 0 Å². The quantitative estimate of drug-likeness (QED) is 0.701. The van der Waals surface area contributed by atoms with Gasteiger partial charge >= 0.3 is 0 Å². The number of nitrogens with one attached hydrogen (secondary N) is 1. The zero-order valence-corrected chi connectivity index (χ0v) is 6.82. The minimum atomic E-state index is -0.141. The third kappa shape index (κ3) is 1.64. The van der Waals surface area contributed by atoms with Gasteiger partial charge in [0, 0.05) is 17.8 Å². The van der Waals surface area contributed by atoms with E-state index in [4.69, 9.17) is 0 Å². The summed E-state index contributed by atoms with van der Waals surface area (Å²) < 4.78 is 0. The summed E-state index contributed by atoms with van der Waals surface area (Å²) in [5.74, 6) is 0.585. The zero-order chi connectivity index (χ0) is 9.10. The molecule has 0 spiro atoms. The van der Waals surface area contributed by atoms with Gasteiger partial charge in [0.15, 0.2) is 0 Å². The summed E-state index contributed by atoms with van der Waals surface area (Å²) >= 11 is 0. The van der Waals surface area contributed by atoms with Gasteiger partial charge in [-0.25, -0.2) is 4.98 Å². The van der Waals surface area contributed by atoms with Crippen LogP contribution >= 0.6 is 0 Å². The maximum Gasteiger partial charge on any atom is 0.251 e. The first-order valence-corrected chi connectivity index (χ1v) is 3.88. The topological polar surface area (TPSA) is 45.8 Å². The molecule has 0 amide bonds. The van der Waals surface area contributed by atoms with Gasteiger partial charge in [-0.15, -0.1) is 0 Å². The highest BCUT2D eigenvalue weighted by atomic mass is 16.1. The summed E-state index contributed by atoms with van der Waals surface area (Å²) in [5, 5.41) is 0. The number of aromatic nitrogens is 2. The lowest BCUT2D eigenvalue weighted by molar-refractivity contribution is 1.13. The van der Waals surface area contributed by atoms with Crippen LogP contribution in [0.5, 0.6) is 0 Å². The second kappa shape index (κ2) is 3.23. The maximum atomic E-state index is 11.0.